The summed E-state index contributed by atoms with van der Waals surface area (Å²) in [5.74, 6) is -0.0265. The van der Waals surface area contributed by atoms with Gasteiger partial charge < -0.3 is 4.74 Å². The average Bonchev–Trinajstić information content (AvgIpc) is 2.87. The maximum Gasteiger partial charge on any atom is 0.279 e. The Bertz CT molecular complexity index is 634. The van der Waals surface area contributed by atoms with E-state index in [1.165, 1.54) is 17.3 Å². The minimum atomic E-state index is -0.0265. The SMILES string of the molecule is CSC1=N/C(=C\c2ccc(C)cc2)C(=O)N1CN1CCOCC1. The number of thioether (sulfide) groups is 1. The zero-order chi connectivity index (χ0) is 16.2. The van der Waals surface area contributed by atoms with Gasteiger partial charge in [0.1, 0.15) is 5.70 Å². The lowest BCUT2D eigenvalue weighted by molar-refractivity contribution is -0.124. The lowest BCUT2D eigenvalue weighted by Gasteiger charge is -2.30. The highest BCUT2D eigenvalue weighted by molar-refractivity contribution is 8.13. The smallest absolute Gasteiger partial charge is 0.279 e. The first-order valence-corrected chi connectivity index (χ1v) is 8.93. The predicted molar refractivity (Wildman–Crippen MR) is 94.2 cm³/mol. The molecule has 5 nitrogen and oxygen atoms in total. The van der Waals surface area contributed by atoms with Crippen molar-refractivity contribution in [2.45, 2.75) is 6.92 Å². The fourth-order valence-electron chi connectivity index (χ4n) is 2.57. The minimum Gasteiger partial charge on any atom is -0.379 e. The van der Waals surface area contributed by atoms with Crippen LogP contribution in [0.25, 0.3) is 6.08 Å². The van der Waals surface area contributed by atoms with Crippen LogP contribution >= 0.6 is 11.8 Å². The summed E-state index contributed by atoms with van der Waals surface area (Å²) in [6.45, 7) is 5.77. The summed E-state index contributed by atoms with van der Waals surface area (Å²) in [5.41, 5.74) is 2.70. The number of rotatable bonds is 3. The second-order valence-corrected chi connectivity index (χ2v) is 6.42. The minimum absolute atomic E-state index is 0.0265. The highest BCUT2D eigenvalue weighted by Crippen LogP contribution is 2.23. The first kappa shape index (κ1) is 16.2. The van der Waals surface area contributed by atoms with E-state index in [1.54, 1.807) is 4.90 Å². The molecule has 0 unspecified atom stereocenters. The number of aliphatic imine (C=N–C) groups is 1. The van der Waals surface area contributed by atoms with Crippen molar-refractivity contribution in [2.75, 3.05) is 39.2 Å². The van der Waals surface area contributed by atoms with Crippen molar-refractivity contribution in [1.29, 1.82) is 0 Å². The number of morpholine rings is 1. The largest absolute Gasteiger partial charge is 0.379 e. The molecule has 1 saturated heterocycles. The number of aryl methyl sites for hydroxylation is 1. The van der Waals surface area contributed by atoms with Gasteiger partial charge in [-0.15, -0.1) is 0 Å². The van der Waals surface area contributed by atoms with E-state index < -0.39 is 0 Å². The normalized spacial score (nSPS) is 21.1. The summed E-state index contributed by atoms with van der Waals surface area (Å²) >= 11 is 1.51. The van der Waals surface area contributed by atoms with Gasteiger partial charge in [0, 0.05) is 13.1 Å². The van der Waals surface area contributed by atoms with Crippen molar-refractivity contribution in [1.82, 2.24) is 9.80 Å². The Morgan fingerprint density at radius 3 is 2.61 bits per heavy atom. The third kappa shape index (κ3) is 3.83. The molecule has 0 N–H and O–H groups in total. The van der Waals surface area contributed by atoms with Crippen molar-refractivity contribution < 1.29 is 9.53 Å². The van der Waals surface area contributed by atoms with E-state index in [0.717, 1.165) is 37.0 Å². The molecule has 1 amide bonds. The van der Waals surface area contributed by atoms with Gasteiger partial charge in [-0.05, 0) is 24.8 Å². The molecule has 0 radical (unpaired) electrons. The number of benzene rings is 1. The molecule has 2 aliphatic rings. The number of ether oxygens (including phenoxy) is 1. The van der Waals surface area contributed by atoms with Gasteiger partial charge in [0.2, 0.25) is 0 Å². The van der Waals surface area contributed by atoms with Crippen LogP contribution in [0.1, 0.15) is 11.1 Å². The molecule has 122 valence electrons. The third-order valence-electron chi connectivity index (χ3n) is 3.92. The van der Waals surface area contributed by atoms with Crippen molar-refractivity contribution in [2.24, 2.45) is 4.99 Å². The Kier molecular flexibility index (Phi) is 5.15. The molecule has 2 aliphatic heterocycles. The summed E-state index contributed by atoms with van der Waals surface area (Å²) < 4.78 is 5.36. The molecule has 6 heteroatoms. The van der Waals surface area contributed by atoms with Crippen LogP contribution in [-0.4, -0.2) is 60.1 Å². The molecular weight excluding hydrogens is 310 g/mol. The summed E-state index contributed by atoms with van der Waals surface area (Å²) in [6, 6.07) is 8.09. The van der Waals surface area contributed by atoms with Gasteiger partial charge in [-0.1, -0.05) is 41.6 Å². The second kappa shape index (κ2) is 7.29. The molecule has 0 spiro atoms. The van der Waals surface area contributed by atoms with Gasteiger partial charge >= 0.3 is 0 Å². The molecule has 0 aromatic heterocycles. The Morgan fingerprint density at radius 2 is 1.96 bits per heavy atom. The fourth-order valence-corrected chi connectivity index (χ4v) is 3.12. The highest BCUT2D eigenvalue weighted by Gasteiger charge is 2.31. The van der Waals surface area contributed by atoms with Crippen LogP contribution in [0.5, 0.6) is 0 Å². The first-order chi connectivity index (χ1) is 11.2. The van der Waals surface area contributed by atoms with E-state index in [9.17, 15) is 4.79 Å². The Hall–Kier alpha value is -1.63. The van der Waals surface area contributed by atoms with Crippen LogP contribution in [0, 0.1) is 6.92 Å². The van der Waals surface area contributed by atoms with Gasteiger partial charge in [-0.2, -0.15) is 0 Å². The molecule has 0 saturated carbocycles. The van der Waals surface area contributed by atoms with Gasteiger partial charge in [-0.25, -0.2) is 4.99 Å². The van der Waals surface area contributed by atoms with Crippen LogP contribution in [0.2, 0.25) is 0 Å². The van der Waals surface area contributed by atoms with Crippen molar-refractivity contribution in [3.63, 3.8) is 0 Å². The summed E-state index contributed by atoms with van der Waals surface area (Å²) in [7, 11) is 0. The second-order valence-electron chi connectivity index (χ2n) is 5.64. The van der Waals surface area contributed by atoms with Crippen molar-refractivity contribution >= 4 is 28.9 Å². The Labute approximate surface area is 141 Å². The maximum atomic E-state index is 12.7. The fraction of sp³-hybridized carbons (Fsp3) is 0.412. The average molecular weight is 331 g/mol. The number of carbonyl (C=O) groups excluding carboxylic acids is 1. The van der Waals surface area contributed by atoms with Crippen LogP contribution in [0.15, 0.2) is 35.0 Å². The summed E-state index contributed by atoms with van der Waals surface area (Å²) in [6.07, 6.45) is 3.81. The van der Waals surface area contributed by atoms with Crippen molar-refractivity contribution in [3.8, 4) is 0 Å². The van der Waals surface area contributed by atoms with Gasteiger partial charge in [0.25, 0.3) is 5.91 Å². The third-order valence-corrected chi connectivity index (χ3v) is 4.60. The van der Waals surface area contributed by atoms with Crippen molar-refractivity contribution in [3.05, 3.63) is 41.1 Å². The summed E-state index contributed by atoms with van der Waals surface area (Å²) in [4.78, 5) is 21.2. The Balaban J connectivity index is 1.77. The molecule has 0 atom stereocenters. The van der Waals surface area contributed by atoms with E-state index in [2.05, 4.69) is 9.89 Å². The van der Waals surface area contributed by atoms with E-state index in [4.69, 9.17) is 4.74 Å². The number of nitrogens with zero attached hydrogens (tertiary/aromatic N) is 3. The topological polar surface area (TPSA) is 45.1 Å². The first-order valence-electron chi connectivity index (χ1n) is 7.70. The number of hydrogen-bond acceptors (Lipinski definition) is 5. The molecule has 1 fully saturated rings. The Morgan fingerprint density at radius 1 is 1.26 bits per heavy atom. The standard InChI is InChI=1S/C17H21N3O2S/c1-13-3-5-14(6-4-13)11-15-16(21)20(17(18-15)23-2)12-19-7-9-22-10-8-19/h3-6,11H,7-10,12H2,1-2H3/b15-11-. The molecule has 3 rings (SSSR count). The zero-order valence-corrected chi connectivity index (χ0v) is 14.3. The molecule has 1 aromatic rings. The van der Waals surface area contributed by atoms with E-state index in [0.29, 0.717) is 12.4 Å². The van der Waals surface area contributed by atoms with Crippen LogP contribution in [-0.2, 0) is 9.53 Å². The predicted octanol–water partition coefficient (Wildman–Crippen LogP) is 2.19. The summed E-state index contributed by atoms with van der Waals surface area (Å²) in [5, 5.41) is 0.764. The van der Waals surface area contributed by atoms with E-state index >= 15 is 0 Å². The lowest BCUT2D eigenvalue weighted by atomic mass is 10.1. The number of amidine groups is 1. The lowest BCUT2D eigenvalue weighted by Crippen LogP contribution is -2.46. The maximum absolute atomic E-state index is 12.7. The number of carbonyl (C=O) groups is 1. The molecule has 0 bridgehead atoms. The molecule has 23 heavy (non-hydrogen) atoms. The zero-order valence-electron chi connectivity index (χ0n) is 13.5. The van der Waals surface area contributed by atoms with Gasteiger partial charge in [-0.3, -0.25) is 14.6 Å². The van der Waals surface area contributed by atoms with Gasteiger partial charge in [0.05, 0.1) is 19.9 Å². The molecule has 2 heterocycles. The number of hydrogen-bond donors (Lipinski definition) is 0. The molecule has 0 aliphatic carbocycles. The van der Waals surface area contributed by atoms with Crippen LogP contribution in [0.3, 0.4) is 0 Å². The molecular formula is C17H21N3O2S. The number of amides is 1. The van der Waals surface area contributed by atoms with Gasteiger partial charge in [0.15, 0.2) is 5.17 Å². The monoisotopic (exact) mass is 331 g/mol. The quantitative estimate of drug-likeness (QED) is 0.797. The highest BCUT2D eigenvalue weighted by atomic mass is 32.2. The van der Waals surface area contributed by atoms with Crippen LogP contribution in [0.4, 0.5) is 0 Å². The molecule has 1 aromatic carbocycles. The van der Waals surface area contributed by atoms with E-state index in [-0.39, 0.29) is 5.91 Å². The van der Waals surface area contributed by atoms with E-state index in [1.807, 2.05) is 43.5 Å². The van der Waals surface area contributed by atoms with Crippen LogP contribution < -0.4 is 0 Å².